The van der Waals surface area contributed by atoms with Crippen molar-refractivity contribution in [2.75, 3.05) is 65.2 Å². The van der Waals surface area contributed by atoms with Gasteiger partial charge in [0.05, 0.1) is 59.0 Å². The van der Waals surface area contributed by atoms with Gasteiger partial charge in [0.15, 0.2) is 5.62 Å². The molecular weight excluding hydrogens is 340 g/mol. The second kappa shape index (κ2) is 15.0. The summed E-state index contributed by atoms with van der Waals surface area (Å²) in [6.45, 7) is 3.95. The Morgan fingerprint density at radius 2 is 1.54 bits per heavy atom. The van der Waals surface area contributed by atoms with Crippen molar-refractivity contribution in [3.63, 3.8) is 0 Å². The number of aliphatic hydroxyl groups excluding tert-OH is 2. The van der Waals surface area contributed by atoms with E-state index in [0.717, 1.165) is 5.62 Å². The van der Waals surface area contributed by atoms with Gasteiger partial charge in [-0.15, -0.1) is 0 Å². The Bertz CT molecular complexity index is 307. The number of carbonyl (C=O) groups is 1. The van der Waals surface area contributed by atoms with E-state index in [4.69, 9.17) is 23.7 Å². The summed E-state index contributed by atoms with van der Waals surface area (Å²) in [6, 6.07) is 0. The molecule has 3 unspecified atom stereocenters. The summed E-state index contributed by atoms with van der Waals surface area (Å²) in [7, 11) is 0. The van der Waals surface area contributed by atoms with Crippen LogP contribution in [0.4, 0.5) is 0 Å². The molecule has 8 nitrogen and oxygen atoms in total. The van der Waals surface area contributed by atoms with Crippen LogP contribution >= 0.6 is 11.8 Å². The van der Waals surface area contributed by atoms with E-state index in [1.807, 2.05) is 0 Å². The van der Waals surface area contributed by atoms with Crippen LogP contribution in [0.15, 0.2) is 0 Å². The third kappa shape index (κ3) is 10.6. The summed E-state index contributed by atoms with van der Waals surface area (Å²) in [4.78, 5) is 10.0. The summed E-state index contributed by atoms with van der Waals surface area (Å²) in [5.74, 6) is 0.661. The topological polar surface area (TPSA) is 104 Å². The van der Waals surface area contributed by atoms with Crippen molar-refractivity contribution in [1.82, 2.24) is 0 Å². The van der Waals surface area contributed by atoms with E-state index in [9.17, 15) is 15.0 Å². The van der Waals surface area contributed by atoms with Gasteiger partial charge in [-0.2, -0.15) is 0 Å². The van der Waals surface area contributed by atoms with Crippen LogP contribution in [0.2, 0.25) is 0 Å². The normalized spacial score (nSPS) is 24.2. The molecule has 0 bridgehead atoms. The molecule has 1 fully saturated rings. The maximum Gasteiger partial charge on any atom is 0.176 e. The Hall–Kier alpha value is -0.260. The smallest absolute Gasteiger partial charge is 0.176 e. The van der Waals surface area contributed by atoms with E-state index in [1.54, 1.807) is 0 Å². The van der Waals surface area contributed by atoms with Gasteiger partial charge in [-0.3, -0.25) is 4.79 Å². The van der Waals surface area contributed by atoms with Crippen molar-refractivity contribution in [3.8, 4) is 0 Å². The molecule has 9 heteroatoms. The third-order valence-electron chi connectivity index (χ3n) is 3.33. The molecule has 0 aromatic rings. The molecule has 142 valence electrons. The Morgan fingerprint density at radius 3 is 2.17 bits per heavy atom. The highest BCUT2D eigenvalue weighted by Crippen LogP contribution is 2.14. The van der Waals surface area contributed by atoms with Crippen LogP contribution in [0.25, 0.3) is 0 Å². The second-order valence-electron chi connectivity index (χ2n) is 5.13. The fraction of sp³-hybridized carbons (Fsp3) is 0.933. The average molecular weight is 368 g/mol. The largest absolute Gasteiger partial charge is 0.390 e. The Morgan fingerprint density at radius 1 is 0.958 bits per heavy atom. The van der Waals surface area contributed by atoms with E-state index < -0.39 is 18.3 Å². The van der Waals surface area contributed by atoms with E-state index in [2.05, 4.69) is 0 Å². The highest BCUT2D eigenvalue weighted by atomic mass is 32.2. The van der Waals surface area contributed by atoms with Gasteiger partial charge in [0.2, 0.25) is 0 Å². The number of hydrogen-bond acceptors (Lipinski definition) is 9. The monoisotopic (exact) mass is 368 g/mol. The van der Waals surface area contributed by atoms with Crippen LogP contribution in [0.1, 0.15) is 6.42 Å². The van der Waals surface area contributed by atoms with E-state index in [1.165, 1.54) is 11.8 Å². The van der Waals surface area contributed by atoms with Gasteiger partial charge in [0, 0.05) is 12.4 Å². The summed E-state index contributed by atoms with van der Waals surface area (Å²) >= 11 is 1.19. The zero-order chi connectivity index (χ0) is 17.5. The first-order valence-electron chi connectivity index (χ1n) is 8.09. The van der Waals surface area contributed by atoms with Crippen molar-refractivity contribution in [2.24, 2.45) is 0 Å². The lowest BCUT2D eigenvalue weighted by atomic mass is 10.0. The number of aliphatic hydroxyl groups is 2. The zero-order valence-electron chi connectivity index (χ0n) is 13.8. The lowest BCUT2D eigenvalue weighted by molar-refractivity contribution is -0.156. The molecule has 1 aliphatic rings. The first kappa shape index (κ1) is 21.8. The molecule has 0 saturated carbocycles. The highest BCUT2D eigenvalue weighted by molar-refractivity contribution is 8.11. The average Bonchev–Trinajstić information content (AvgIpc) is 2.58. The predicted molar refractivity (Wildman–Crippen MR) is 88.9 cm³/mol. The van der Waals surface area contributed by atoms with Crippen molar-refractivity contribution in [3.05, 3.63) is 0 Å². The molecule has 1 aliphatic heterocycles. The van der Waals surface area contributed by atoms with Gasteiger partial charge in [0.1, 0.15) is 12.2 Å². The molecule has 2 N–H and O–H groups in total. The standard InChI is InChI=1S/C15H28O8S/c16-12-24-10-9-21-6-5-19-3-4-20-7-8-22-11-14-15(18)13(17)1-2-23-14/h12-15,17-18H,1-11H2. The number of ether oxygens (including phenoxy) is 5. The lowest BCUT2D eigenvalue weighted by Gasteiger charge is -2.31. The van der Waals surface area contributed by atoms with Crippen LogP contribution in [-0.4, -0.2) is 99.4 Å². The minimum absolute atomic E-state index is 0.234. The SMILES string of the molecule is O=CSCCOCCOCCOCCOCC1OCCC(O)C1O. The van der Waals surface area contributed by atoms with Gasteiger partial charge >= 0.3 is 0 Å². The first-order chi connectivity index (χ1) is 11.8. The van der Waals surface area contributed by atoms with Gasteiger partial charge in [-0.25, -0.2) is 0 Å². The molecule has 24 heavy (non-hydrogen) atoms. The molecule has 0 aromatic heterocycles. The van der Waals surface area contributed by atoms with Crippen molar-refractivity contribution in [2.45, 2.75) is 24.7 Å². The lowest BCUT2D eigenvalue weighted by Crippen LogP contribution is -2.46. The van der Waals surface area contributed by atoms with Crippen molar-refractivity contribution >= 4 is 17.4 Å². The summed E-state index contributed by atoms with van der Waals surface area (Å²) in [5, 5.41) is 19.2. The second-order valence-corrected chi connectivity index (χ2v) is 6.07. The fourth-order valence-electron chi connectivity index (χ4n) is 2.02. The highest BCUT2D eigenvalue weighted by Gasteiger charge is 2.31. The van der Waals surface area contributed by atoms with Crippen LogP contribution in [0.3, 0.4) is 0 Å². The minimum Gasteiger partial charge on any atom is -0.390 e. The summed E-state index contributed by atoms with van der Waals surface area (Å²) in [6.07, 6.45) is -1.67. The fourth-order valence-corrected chi connectivity index (χ4v) is 2.33. The van der Waals surface area contributed by atoms with Gasteiger partial charge in [-0.05, 0) is 6.42 Å². The zero-order valence-corrected chi connectivity index (χ0v) is 14.7. The molecule has 0 radical (unpaired) electrons. The predicted octanol–water partition coefficient (Wildman–Crippen LogP) is -0.513. The van der Waals surface area contributed by atoms with Crippen LogP contribution in [0, 0.1) is 0 Å². The molecule has 1 heterocycles. The molecule has 1 saturated heterocycles. The molecule has 0 spiro atoms. The van der Waals surface area contributed by atoms with Crippen LogP contribution in [0.5, 0.6) is 0 Å². The molecular formula is C15H28O8S. The van der Waals surface area contributed by atoms with Crippen LogP contribution in [-0.2, 0) is 28.5 Å². The maximum atomic E-state index is 10.0. The van der Waals surface area contributed by atoms with Gasteiger partial charge < -0.3 is 33.9 Å². The molecule has 0 amide bonds. The Labute approximate surface area is 146 Å². The molecule has 0 aliphatic carbocycles. The Balaban J connectivity index is 1.78. The van der Waals surface area contributed by atoms with E-state index >= 15 is 0 Å². The summed E-state index contributed by atoms with van der Waals surface area (Å²) in [5.41, 5.74) is 0.800. The number of carbonyl (C=O) groups excluding carboxylic acids is 1. The van der Waals surface area contributed by atoms with Gasteiger partial charge in [-0.1, -0.05) is 11.8 Å². The van der Waals surface area contributed by atoms with Crippen molar-refractivity contribution in [1.29, 1.82) is 0 Å². The molecule has 0 aromatic carbocycles. The van der Waals surface area contributed by atoms with Crippen LogP contribution < -0.4 is 0 Å². The maximum absolute atomic E-state index is 10.0. The van der Waals surface area contributed by atoms with E-state index in [-0.39, 0.29) is 6.61 Å². The summed E-state index contributed by atoms with van der Waals surface area (Å²) < 4.78 is 26.6. The number of hydrogen-bond donors (Lipinski definition) is 2. The quantitative estimate of drug-likeness (QED) is 0.292. The number of rotatable bonds is 15. The Kier molecular flexibility index (Phi) is 13.6. The van der Waals surface area contributed by atoms with Crippen molar-refractivity contribution < 1.29 is 38.7 Å². The number of thioether (sulfide) groups is 1. The first-order valence-corrected chi connectivity index (χ1v) is 9.14. The van der Waals surface area contributed by atoms with Gasteiger partial charge in [0.25, 0.3) is 0 Å². The third-order valence-corrected chi connectivity index (χ3v) is 3.87. The minimum atomic E-state index is -0.896. The van der Waals surface area contributed by atoms with E-state index in [0.29, 0.717) is 65.0 Å². The molecule has 3 atom stereocenters. The molecule has 1 rings (SSSR count).